The van der Waals surface area contributed by atoms with Crippen molar-refractivity contribution in [3.05, 3.63) is 46.8 Å². The van der Waals surface area contributed by atoms with Crippen LogP contribution in [0.25, 0.3) is 0 Å². The zero-order valence-electron chi connectivity index (χ0n) is 17.7. The molecular weight excluding hydrogens is 354 g/mol. The summed E-state index contributed by atoms with van der Waals surface area (Å²) in [5.74, 6) is 0.104. The van der Waals surface area contributed by atoms with Crippen molar-refractivity contribution in [2.75, 3.05) is 19.4 Å². The minimum atomic E-state index is -0.258. The first kappa shape index (κ1) is 21.5. The second-order valence-electron chi connectivity index (χ2n) is 7.21. The Morgan fingerprint density at radius 3 is 2.36 bits per heavy atom. The van der Waals surface area contributed by atoms with Crippen molar-refractivity contribution >= 4 is 17.6 Å². The number of carbonyl (C=O) groups is 2. The van der Waals surface area contributed by atoms with Crippen LogP contribution in [0.5, 0.6) is 0 Å². The molecule has 0 fully saturated rings. The molecule has 1 heterocycles. The van der Waals surface area contributed by atoms with Gasteiger partial charge in [0.2, 0.25) is 5.91 Å². The third-order valence-corrected chi connectivity index (χ3v) is 4.86. The van der Waals surface area contributed by atoms with Gasteiger partial charge in [0.1, 0.15) is 0 Å². The minimum Gasteiger partial charge on any atom is -0.349 e. The molecule has 3 amide bonds. The number of nitrogens with one attached hydrogen (secondary N) is 2. The van der Waals surface area contributed by atoms with Gasteiger partial charge in [-0.3, -0.25) is 9.48 Å². The maximum Gasteiger partial charge on any atom is 0.319 e. The summed E-state index contributed by atoms with van der Waals surface area (Å²) in [7, 11) is 3.51. The van der Waals surface area contributed by atoms with E-state index in [1.165, 1.54) is 0 Å². The van der Waals surface area contributed by atoms with Crippen molar-refractivity contribution in [2.24, 2.45) is 0 Å². The molecule has 28 heavy (non-hydrogen) atoms. The number of nitrogens with zero attached hydrogens (tertiary/aromatic N) is 3. The van der Waals surface area contributed by atoms with Gasteiger partial charge in [0.15, 0.2) is 0 Å². The van der Waals surface area contributed by atoms with Gasteiger partial charge in [-0.1, -0.05) is 12.1 Å². The molecule has 1 atom stereocenters. The fourth-order valence-electron chi connectivity index (χ4n) is 3.31. The van der Waals surface area contributed by atoms with Crippen molar-refractivity contribution in [3.63, 3.8) is 0 Å². The second kappa shape index (κ2) is 9.39. The fourth-order valence-corrected chi connectivity index (χ4v) is 3.31. The highest BCUT2D eigenvalue weighted by Gasteiger charge is 2.18. The number of urea groups is 1. The molecule has 2 N–H and O–H groups in total. The van der Waals surface area contributed by atoms with E-state index in [-0.39, 0.29) is 18.0 Å². The van der Waals surface area contributed by atoms with Crippen LogP contribution in [-0.2, 0) is 17.8 Å². The first-order valence-electron chi connectivity index (χ1n) is 9.63. The SMILES string of the molecule is CCn1nc(C)c(C(C)NC(=O)Nc2ccc(CCC(=O)N(C)C)cc2)c1C. The molecule has 0 aliphatic heterocycles. The third kappa shape index (κ3) is 5.34. The van der Waals surface area contributed by atoms with E-state index in [4.69, 9.17) is 0 Å². The largest absolute Gasteiger partial charge is 0.349 e. The van der Waals surface area contributed by atoms with Gasteiger partial charge in [0, 0.05) is 44.0 Å². The van der Waals surface area contributed by atoms with Gasteiger partial charge >= 0.3 is 6.03 Å². The van der Waals surface area contributed by atoms with E-state index >= 15 is 0 Å². The third-order valence-electron chi connectivity index (χ3n) is 4.86. The lowest BCUT2D eigenvalue weighted by Crippen LogP contribution is -2.31. The van der Waals surface area contributed by atoms with Gasteiger partial charge < -0.3 is 15.5 Å². The van der Waals surface area contributed by atoms with Crippen LogP contribution in [0.1, 0.15) is 48.8 Å². The maximum atomic E-state index is 12.4. The molecule has 0 aliphatic carbocycles. The van der Waals surface area contributed by atoms with Crippen LogP contribution in [0.15, 0.2) is 24.3 Å². The number of carbonyl (C=O) groups excluding carboxylic acids is 2. The fraction of sp³-hybridized carbons (Fsp3) is 0.476. The van der Waals surface area contributed by atoms with Crippen molar-refractivity contribution in [1.29, 1.82) is 0 Å². The molecule has 7 nitrogen and oxygen atoms in total. The van der Waals surface area contributed by atoms with Crippen LogP contribution in [0.4, 0.5) is 10.5 Å². The maximum absolute atomic E-state index is 12.4. The summed E-state index contributed by atoms with van der Waals surface area (Å²) in [5.41, 5.74) is 4.84. The minimum absolute atomic E-state index is 0.104. The Bertz CT molecular complexity index is 824. The Morgan fingerprint density at radius 2 is 1.82 bits per heavy atom. The predicted octanol–water partition coefficient (Wildman–Crippen LogP) is 3.42. The molecule has 0 radical (unpaired) electrons. The summed E-state index contributed by atoms with van der Waals surface area (Å²) >= 11 is 0. The molecule has 152 valence electrons. The average Bonchev–Trinajstić information content (AvgIpc) is 2.94. The molecule has 0 bridgehead atoms. The van der Waals surface area contributed by atoms with Crippen LogP contribution in [0.2, 0.25) is 0 Å². The number of anilines is 1. The number of rotatable bonds is 7. The number of amides is 3. The van der Waals surface area contributed by atoms with Gasteiger partial charge in [-0.25, -0.2) is 4.79 Å². The van der Waals surface area contributed by atoms with E-state index in [0.717, 1.165) is 29.1 Å². The van der Waals surface area contributed by atoms with Crippen LogP contribution in [0.3, 0.4) is 0 Å². The Kier molecular flexibility index (Phi) is 7.20. The van der Waals surface area contributed by atoms with Crippen molar-refractivity contribution in [3.8, 4) is 0 Å². The van der Waals surface area contributed by atoms with E-state index in [2.05, 4.69) is 15.7 Å². The number of aromatic nitrogens is 2. The zero-order chi connectivity index (χ0) is 20.8. The molecule has 7 heteroatoms. The van der Waals surface area contributed by atoms with Crippen molar-refractivity contribution < 1.29 is 9.59 Å². The number of aryl methyl sites for hydroxylation is 3. The highest BCUT2D eigenvalue weighted by molar-refractivity contribution is 5.89. The molecule has 2 rings (SSSR count). The molecule has 1 unspecified atom stereocenters. The molecule has 0 spiro atoms. The van der Waals surface area contributed by atoms with Crippen LogP contribution in [-0.4, -0.2) is 40.7 Å². The molecular formula is C21H31N5O2. The Balaban J connectivity index is 1.92. The first-order chi connectivity index (χ1) is 13.2. The first-order valence-corrected chi connectivity index (χ1v) is 9.63. The van der Waals surface area contributed by atoms with Gasteiger partial charge in [0.25, 0.3) is 0 Å². The summed E-state index contributed by atoms with van der Waals surface area (Å²) in [6, 6.07) is 7.17. The van der Waals surface area contributed by atoms with Gasteiger partial charge in [0.05, 0.1) is 11.7 Å². The summed E-state index contributed by atoms with van der Waals surface area (Å²) in [5, 5.41) is 10.3. The zero-order valence-corrected chi connectivity index (χ0v) is 17.7. The summed E-state index contributed by atoms with van der Waals surface area (Å²) in [6.45, 7) is 8.80. The Labute approximate surface area is 167 Å². The van der Waals surface area contributed by atoms with E-state index in [1.54, 1.807) is 19.0 Å². The Hall–Kier alpha value is -2.83. The molecule has 0 saturated carbocycles. The normalized spacial score (nSPS) is 11.8. The lowest BCUT2D eigenvalue weighted by Gasteiger charge is -2.16. The van der Waals surface area contributed by atoms with Crippen LogP contribution < -0.4 is 10.6 Å². The molecule has 1 aromatic carbocycles. The van der Waals surface area contributed by atoms with E-state index in [1.807, 2.05) is 56.6 Å². The average molecular weight is 386 g/mol. The molecule has 0 saturated heterocycles. The monoisotopic (exact) mass is 385 g/mol. The molecule has 1 aromatic heterocycles. The molecule has 0 aliphatic rings. The second-order valence-corrected chi connectivity index (χ2v) is 7.21. The van der Waals surface area contributed by atoms with Crippen LogP contribution in [0, 0.1) is 13.8 Å². The quantitative estimate of drug-likeness (QED) is 0.766. The summed E-state index contributed by atoms with van der Waals surface area (Å²) in [4.78, 5) is 25.6. The molecule has 2 aromatic rings. The highest BCUT2D eigenvalue weighted by atomic mass is 16.2. The highest BCUT2D eigenvalue weighted by Crippen LogP contribution is 2.21. The van der Waals surface area contributed by atoms with Crippen molar-refractivity contribution in [2.45, 2.75) is 53.1 Å². The van der Waals surface area contributed by atoms with E-state index in [9.17, 15) is 9.59 Å². The van der Waals surface area contributed by atoms with E-state index < -0.39 is 0 Å². The lowest BCUT2D eigenvalue weighted by atomic mass is 10.1. The standard InChI is InChI=1S/C21H31N5O2/c1-7-26-16(4)20(15(3)24-26)14(2)22-21(28)23-18-11-8-17(9-12-18)10-13-19(27)25(5)6/h8-9,11-12,14H,7,10,13H2,1-6H3,(H2,22,23,28). The summed E-state index contributed by atoms with van der Waals surface area (Å²) in [6.07, 6.45) is 1.16. The predicted molar refractivity (Wildman–Crippen MR) is 111 cm³/mol. The van der Waals surface area contributed by atoms with Crippen LogP contribution >= 0.6 is 0 Å². The van der Waals surface area contributed by atoms with E-state index in [0.29, 0.717) is 18.5 Å². The van der Waals surface area contributed by atoms with Gasteiger partial charge in [-0.05, 0) is 51.8 Å². The van der Waals surface area contributed by atoms with Gasteiger partial charge in [-0.15, -0.1) is 0 Å². The van der Waals surface area contributed by atoms with Gasteiger partial charge in [-0.2, -0.15) is 5.10 Å². The number of hydrogen-bond donors (Lipinski definition) is 2. The Morgan fingerprint density at radius 1 is 1.18 bits per heavy atom. The van der Waals surface area contributed by atoms with Crippen molar-refractivity contribution in [1.82, 2.24) is 20.0 Å². The lowest BCUT2D eigenvalue weighted by molar-refractivity contribution is -0.128. The number of benzene rings is 1. The summed E-state index contributed by atoms with van der Waals surface area (Å²) < 4.78 is 1.94. The topological polar surface area (TPSA) is 79.3 Å². The number of hydrogen-bond acceptors (Lipinski definition) is 3. The smallest absolute Gasteiger partial charge is 0.319 e.